The van der Waals surface area contributed by atoms with Crippen molar-refractivity contribution in [2.24, 2.45) is 0 Å². The second-order valence-corrected chi connectivity index (χ2v) is 20.6. The van der Waals surface area contributed by atoms with Gasteiger partial charge < -0.3 is 0 Å². The van der Waals surface area contributed by atoms with Crippen LogP contribution in [0.2, 0.25) is 0 Å². The highest BCUT2D eigenvalue weighted by Crippen LogP contribution is 2.85. The number of hydrogen-bond donors (Lipinski definition) is 0. The average molecular weight is 591 g/mol. The first-order valence-electron chi connectivity index (χ1n) is 8.46. The molecule has 0 nitrogen and oxygen atoms in total. The van der Waals surface area contributed by atoms with Gasteiger partial charge in [-0.2, -0.15) is 71.8 Å². The van der Waals surface area contributed by atoms with Crippen LogP contribution in [0.15, 0.2) is 0 Å². The fraction of sp³-hybridized carbons (Fsp3) is 1.00. The van der Waals surface area contributed by atoms with Crippen molar-refractivity contribution >= 4 is 63.0 Å². The molecule has 0 bridgehead atoms. The van der Waals surface area contributed by atoms with Crippen molar-refractivity contribution in [2.75, 3.05) is 28.8 Å². The maximum atomic E-state index is 13.7. The molecule has 0 rings (SSSR count). The number of unbranched alkanes of at least 4 members (excludes halogenated alkanes) is 1. The summed E-state index contributed by atoms with van der Waals surface area (Å²) in [5, 5.41) is -6.06. The van der Waals surface area contributed by atoms with Crippen LogP contribution in [-0.4, -0.2) is 57.1 Å². The Hall–Kier alpha value is 1.33. The van der Waals surface area contributed by atoms with E-state index < -0.39 is 68.6 Å². The predicted molar refractivity (Wildman–Crippen MR) is 117 cm³/mol. The number of rotatable bonds is 14. The van der Waals surface area contributed by atoms with Gasteiger partial charge in [0.15, 0.2) is 0 Å². The molecule has 2 atom stereocenters. The molecule has 0 radical (unpaired) electrons. The number of hydrogen-bond acceptors (Lipinski definition) is 5. The molecule has 0 aromatic heterocycles. The average Bonchev–Trinajstić information content (AvgIpc) is 2.52. The molecule has 0 fully saturated rings. The first kappa shape index (κ1) is 32.3. The van der Waals surface area contributed by atoms with Crippen molar-refractivity contribution in [1.82, 2.24) is 0 Å². The molecular weight excluding hydrogens is 570 g/mol. The molecule has 0 aliphatic carbocycles. The molecule has 0 saturated carbocycles. The molecule has 2 unspecified atom stereocenters. The molecule has 0 aliphatic rings. The fourth-order valence-electron chi connectivity index (χ4n) is 1.69. The van der Waals surface area contributed by atoms with Gasteiger partial charge in [0, 0.05) is 39.1 Å². The van der Waals surface area contributed by atoms with Gasteiger partial charge in [-0.1, -0.05) is 38.2 Å². The van der Waals surface area contributed by atoms with Crippen LogP contribution in [0, 0.1) is 0 Å². The van der Waals surface area contributed by atoms with Gasteiger partial charge in [-0.3, -0.25) is 0 Å². The minimum Gasteiger partial charge on any atom is -0.183 e. The summed E-state index contributed by atoms with van der Waals surface area (Å²) in [4.78, 5) is 0. The third-order valence-electron chi connectivity index (χ3n) is 2.83. The van der Waals surface area contributed by atoms with Crippen LogP contribution in [0.25, 0.3) is 0 Å². The second-order valence-electron chi connectivity index (χ2n) is 5.89. The van der Waals surface area contributed by atoms with E-state index in [4.69, 9.17) is 0 Å². The zero-order valence-corrected chi connectivity index (χ0v) is 21.0. The Morgan fingerprint density at radius 1 is 0.806 bits per heavy atom. The van der Waals surface area contributed by atoms with Crippen molar-refractivity contribution in [3.05, 3.63) is 0 Å². The van der Waals surface area contributed by atoms with Gasteiger partial charge in [0.1, 0.15) is 0 Å². The highest BCUT2D eigenvalue weighted by atomic mass is 33.8. The molecule has 0 amide bonds. The van der Waals surface area contributed by atoms with Crippen LogP contribution < -0.4 is 0 Å². The molecule has 0 aromatic carbocycles. The summed E-state index contributed by atoms with van der Waals surface area (Å²) in [5.41, 5.74) is -5.01. The Bertz CT molecular complexity index is 508. The zero-order chi connectivity index (χ0) is 24.6. The zero-order valence-electron chi connectivity index (χ0n) is 16.1. The van der Waals surface area contributed by atoms with Gasteiger partial charge in [0.2, 0.25) is 0 Å². The smallest absolute Gasteiger partial charge is 0.183 e. The number of thioether (sulfide) groups is 2. The van der Waals surface area contributed by atoms with Crippen molar-refractivity contribution < 1.29 is 48.3 Å². The summed E-state index contributed by atoms with van der Waals surface area (Å²) in [6.45, 7) is 3.00. The molecule has 0 N–H and O–H groups in total. The summed E-state index contributed by atoms with van der Waals surface area (Å²) >= 11 is 1.74. The van der Waals surface area contributed by atoms with E-state index in [-0.39, 0.29) is 23.7 Å². The summed E-state index contributed by atoms with van der Waals surface area (Å²) < 4.78 is 141. The lowest BCUT2D eigenvalue weighted by Crippen LogP contribution is -2.33. The van der Waals surface area contributed by atoms with E-state index in [1.807, 2.05) is 0 Å². The molecule has 0 aromatic rings. The normalized spacial score (nSPS) is 18.0. The van der Waals surface area contributed by atoms with Crippen LogP contribution in [0.5, 0.6) is 0 Å². The largest absolute Gasteiger partial charge is 0.464 e. The van der Waals surface area contributed by atoms with Crippen molar-refractivity contribution in [2.45, 2.75) is 55.1 Å². The predicted octanol–water partition coefficient (Wildman–Crippen LogP) is 9.63. The maximum absolute atomic E-state index is 13.7. The van der Waals surface area contributed by atoms with E-state index in [2.05, 4.69) is 0 Å². The SMILES string of the molecule is CCCCS(SC(C)CSCCSCC(F)(F)F)(SC(F)(F)F)SC(F)(F)C(F)(F)F. The van der Waals surface area contributed by atoms with Crippen LogP contribution in [0.4, 0.5) is 48.3 Å². The Kier molecular flexibility index (Phi) is 14.0. The molecule has 0 aliphatic heterocycles. The molecule has 31 heavy (non-hydrogen) atoms. The summed E-state index contributed by atoms with van der Waals surface area (Å²) in [6.07, 6.45) is -9.97. The third kappa shape index (κ3) is 15.0. The molecule has 0 heterocycles. The lowest BCUT2D eigenvalue weighted by Gasteiger charge is -2.41. The van der Waals surface area contributed by atoms with Crippen LogP contribution in [-0.2, 0) is 0 Å². The van der Waals surface area contributed by atoms with E-state index in [1.165, 1.54) is 6.92 Å². The molecule has 190 valence electrons. The highest BCUT2D eigenvalue weighted by Gasteiger charge is 2.62. The molecule has 0 spiro atoms. The number of halogens is 11. The van der Waals surface area contributed by atoms with E-state index >= 15 is 0 Å². The van der Waals surface area contributed by atoms with Crippen LogP contribution >= 0.6 is 63.0 Å². The molecule has 0 saturated heterocycles. The van der Waals surface area contributed by atoms with Gasteiger partial charge >= 0.3 is 23.1 Å². The van der Waals surface area contributed by atoms with E-state index in [0.29, 0.717) is 29.0 Å². The first-order chi connectivity index (χ1) is 13.8. The minimum absolute atomic E-state index is 0.0420. The second kappa shape index (κ2) is 13.4. The van der Waals surface area contributed by atoms with E-state index in [9.17, 15) is 48.3 Å². The van der Waals surface area contributed by atoms with Gasteiger partial charge in [0.25, 0.3) is 0 Å². The quantitative estimate of drug-likeness (QED) is 0.112. The van der Waals surface area contributed by atoms with Gasteiger partial charge in [0.05, 0.1) is 5.75 Å². The van der Waals surface area contributed by atoms with Crippen molar-refractivity contribution in [1.29, 1.82) is 0 Å². The fourth-order valence-corrected chi connectivity index (χ4v) is 18.9. The lowest BCUT2D eigenvalue weighted by molar-refractivity contribution is -0.237. The third-order valence-corrected chi connectivity index (χ3v) is 18.2. The maximum Gasteiger partial charge on any atom is 0.464 e. The van der Waals surface area contributed by atoms with E-state index in [1.54, 1.807) is 6.92 Å². The monoisotopic (exact) mass is 590 g/mol. The van der Waals surface area contributed by atoms with Gasteiger partial charge in [-0.15, -0.1) is 0 Å². The lowest BCUT2D eigenvalue weighted by atomic mass is 10.4. The minimum atomic E-state index is -6.00. The summed E-state index contributed by atoms with van der Waals surface area (Å²) in [7, 11) is -4.92. The Labute approximate surface area is 194 Å². The highest BCUT2D eigenvalue weighted by molar-refractivity contribution is 9.48. The number of alkyl halides is 11. The Morgan fingerprint density at radius 2 is 1.35 bits per heavy atom. The summed E-state index contributed by atoms with van der Waals surface area (Å²) in [5.74, 6) is -1.04. The molecule has 17 heteroatoms. The standard InChI is InChI=1S/C14H21F11S6/c1-3-4-7-31(30-14(23,24)25,29-13(21,22)12(18,19)20)28-10(2)8-26-5-6-27-9-11(15,16)17/h10H,3-9H2,1-2H3. The van der Waals surface area contributed by atoms with Crippen LogP contribution in [0.3, 0.4) is 0 Å². The van der Waals surface area contributed by atoms with Crippen molar-refractivity contribution in [3.8, 4) is 0 Å². The summed E-state index contributed by atoms with van der Waals surface area (Å²) in [6, 6.07) is 0. The Morgan fingerprint density at radius 3 is 1.81 bits per heavy atom. The van der Waals surface area contributed by atoms with Crippen molar-refractivity contribution in [3.63, 3.8) is 0 Å². The molecular formula is C14H21F11S6. The van der Waals surface area contributed by atoms with Gasteiger partial charge in [-0.05, 0) is 17.2 Å². The van der Waals surface area contributed by atoms with E-state index in [0.717, 1.165) is 11.8 Å². The topological polar surface area (TPSA) is 0 Å². The Balaban J connectivity index is 5.21. The van der Waals surface area contributed by atoms with Gasteiger partial charge in [-0.25, -0.2) is 0 Å². The first-order valence-corrected chi connectivity index (χ1v) is 16.6. The van der Waals surface area contributed by atoms with Crippen LogP contribution in [0.1, 0.15) is 26.7 Å².